The molecule has 0 aliphatic carbocycles. The summed E-state index contributed by atoms with van der Waals surface area (Å²) in [5.41, 5.74) is 2.13. The first-order valence-corrected chi connectivity index (χ1v) is 10.6. The highest BCUT2D eigenvalue weighted by atomic mass is 16.5. The molecular weight excluding hydrogens is 432 g/mol. The van der Waals surface area contributed by atoms with E-state index in [9.17, 15) is 9.59 Å². The molecule has 0 heterocycles. The Hall–Kier alpha value is -4.32. The number of hydrogen-bond donors (Lipinski definition) is 0. The Morgan fingerprint density at radius 2 is 1.06 bits per heavy atom. The van der Waals surface area contributed by atoms with E-state index >= 15 is 0 Å². The summed E-state index contributed by atoms with van der Waals surface area (Å²) in [6.07, 6.45) is 3.31. The summed E-state index contributed by atoms with van der Waals surface area (Å²) in [6.45, 7) is 11.6. The van der Waals surface area contributed by atoms with Gasteiger partial charge in [-0.15, -0.1) is 0 Å². The molecule has 0 saturated carbocycles. The molecule has 0 N–H and O–H groups in total. The van der Waals surface area contributed by atoms with E-state index in [2.05, 4.69) is 13.2 Å². The van der Waals surface area contributed by atoms with Gasteiger partial charge >= 0.3 is 11.9 Å². The van der Waals surface area contributed by atoms with E-state index in [1.807, 2.05) is 13.8 Å². The molecule has 174 valence electrons. The molecule has 3 rings (SSSR count). The largest absolute Gasteiger partial charge is 0.490 e. The maximum absolute atomic E-state index is 12.5. The Kier molecular flexibility index (Phi) is 8.24. The molecule has 3 aromatic carbocycles. The van der Waals surface area contributed by atoms with Crippen molar-refractivity contribution in [3.8, 4) is 23.0 Å². The van der Waals surface area contributed by atoms with Gasteiger partial charge in [-0.05, 0) is 85.6 Å². The summed E-state index contributed by atoms with van der Waals surface area (Å²) in [7, 11) is 0. The van der Waals surface area contributed by atoms with Crippen molar-refractivity contribution in [3.63, 3.8) is 0 Å². The molecule has 0 unspecified atom stereocenters. The van der Waals surface area contributed by atoms with Crippen molar-refractivity contribution in [1.82, 2.24) is 0 Å². The molecule has 0 saturated heterocycles. The summed E-state index contributed by atoms with van der Waals surface area (Å²) in [6, 6.07) is 16.4. The lowest BCUT2D eigenvalue weighted by Gasteiger charge is -2.11. The highest BCUT2D eigenvalue weighted by Crippen LogP contribution is 2.26. The topological polar surface area (TPSA) is 71.1 Å². The normalized spacial score (nSPS) is 10.2. The number of hydrogen-bond acceptors (Lipinski definition) is 6. The first kappa shape index (κ1) is 24.3. The summed E-state index contributed by atoms with van der Waals surface area (Å²) in [4.78, 5) is 25.1. The third-order valence-corrected chi connectivity index (χ3v) is 4.79. The minimum atomic E-state index is -0.534. The number of carbonyl (C=O) groups is 2. The fourth-order valence-corrected chi connectivity index (χ4v) is 3.02. The average molecular weight is 459 g/mol. The van der Waals surface area contributed by atoms with Crippen LogP contribution in [0.2, 0.25) is 0 Å². The highest BCUT2D eigenvalue weighted by Gasteiger charge is 2.15. The second kappa shape index (κ2) is 11.5. The average Bonchev–Trinajstić information content (AvgIpc) is 2.84. The maximum Gasteiger partial charge on any atom is 0.343 e. The van der Waals surface area contributed by atoms with Gasteiger partial charge in [0.25, 0.3) is 0 Å². The van der Waals surface area contributed by atoms with Crippen LogP contribution in [0.1, 0.15) is 31.8 Å². The van der Waals surface area contributed by atoms with Crippen molar-refractivity contribution >= 4 is 11.9 Å². The van der Waals surface area contributed by atoms with Gasteiger partial charge in [0.1, 0.15) is 36.2 Å². The number of aryl methyl sites for hydroxylation is 2. The number of rotatable bonds is 10. The Morgan fingerprint density at radius 1 is 0.676 bits per heavy atom. The lowest BCUT2D eigenvalue weighted by Crippen LogP contribution is -2.12. The van der Waals surface area contributed by atoms with Crippen LogP contribution >= 0.6 is 0 Å². The van der Waals surface area contributed by atoms with Crippen LogP contribution in [0.5, 0.6) is 23.0 Å². The Labute approximate surface area is 199 Å². The highest BCUT2D eigenvalue weighted by molar-refractivity contribution is 5.95. The minimum Gasteiger partial charge on any atom is -0.490 e. The molecule has 0 aromatic heterocycles. The van der Waals surface area contributed by atoms with Crippen LogP contribution in [0.25, 0.3) is 0 Å². The molecule has 0 atom stereocenters. The number of esters is 2. The number of carbonyl (C=O) groups excluding carboxylic acids is 2. The Bertz CT molecular complexity index is 1100. The molecule has 6 nitrogen and oxygen atoms in total. The molecule has 0 fully saturated rings. The predicted octanol–water partition coefficient (Wildman–Crippen LogP) is 5.87. The molecule has 6 heteroatoms. The van der Waals surface area contributed by atoms with Gasteiger partial charge in [0.05, 0.1) is 11.1 Å². The third kappa shape index (κ3) is 6.36. The third-order valence-electron chi connectivity index (χ3n) is 4.79. The van der Waals surface area contributed by atoms with E-state index in [1.165, 1.54) is 24.3 Å². The molecule has 0 aliphatic heterocycles. The molecule has 0 bridgehead atoms. The van der Waals surface area contributed by atoms with Crippen LogP contribution < -0.4 is 18.9 Å². The van der Waals surface area contributed by atoms with E-state index in [4.69, 9.17) is 18.9 Å². The van der Waals surface area contributed by atoms with Gasteiger partial charge in [0.15, 0.2) is 0 Å². The van der Waals surface area contributed by atoms with Crippen LogP contribution in [-0.2, 0) is 0 Å². The molecule has 0 amide bonds. The first-order valence-electron chi connectivity index (χ1n) is 10.6. The van der Waals surface area contributed by atoms with Gasteiger partial charge < -0.3 is 18.9 Å². The van der Waals surface area contributed by atoms with E-state index in [0.717, 1.165) is 11.1 Å². The molecular formula is C28H26O6. The summed E-state index contributed by atoms with van der Waals surface area (Å²) < 4.78 is 21.9. The van der Waals surface area contributed by atoms with E-state index in [0.29, 0.717) is 47.3 Å². The zero-order chi connectivity index (χ0) is 24.5. The molecule has 34 heavy (non-hydrogen) atoms. The van der Waals surface area contributed by atoms with Crippen LogP contribution in [0.15, 0.2) is 86.0 Å². The van der Waals surface area contributed by atoms with Gasteiger partial charge in [0, 0.05) is 0 Å². The van der Waals surface area contributed by atoms with Crippen molar-refractivity contribution in [2.45, 2.75) is 13.8 Å². The molecule has 0 spiro atoms. The fraction of sp³-hybridized carbons (Fsp3) is 0.143. The van der Waals surface area contributed by atoms with Crippen molar-refractivity contribution in [2.24, 2.45) is 0 Å². The Morgan fingerprint density at radius 3 is 1.38 bits per heavy atom. The quantitative estimate of drug-likeness (QED) is 0.215. The number of ether oxygens (including phenoxy) is 4. The Balaban J connectivity index is 1.63. The second-order valence-electron chi connectivity index (χ2n) is 7.41. The smallest absolute Gasteiger partial charge is 0.343 e. The molecule has 0 radical (unpaired) electrons. The molecule has 3 aromatic rings. The van der Waals surface area contributed by atoms with E-state index < -0.39 is 11.9 Å². The van der Waals surface area contributed by atoms with E-state index in [-0.39, 0.29) is 0 Å². The summed E-state index contributed by atoms with van der Waals surface area (Å²) in [5, 5.41) is 0. The standard InChI is InChI=1S/C28H26O6/c1-5-15-31-23-11-13-25(19(3)17-23)33-27(29)21-7-9-22(10-8-21)28(30)34-26-14-12-24(18-20(26)4)32-16-6-2/h5-14,17-18H,1-2,15-16H2,3-4H3. The van der Waals surface area contributed by atoms with Gasteiger partial charge in [-0.2, -0.15) is 0 Å². The van der Waals surface area contributed by atoms with Crippen LogP contribution in [-0.4, -0.2) is 25.2 Å². The van der Waals surface area contributed by atoms with Gasteiger partial charge in [-0.1, -0.05) is 25.3 Å². The zero-order valence-corrected chi connectivity index (χ0v) is 19.2. The maximum atomic E-state index is 12.5. The SMILES string of the molecule is C=CCOc1ccc(OC(=O)c2ccc(C(=O)Oc3ccc(OCC=C)cc3C)cc2)c(C)c1. The van der Waals surface area contributed by atoms with Gasteiger partial charge in [0.2, 0.25) is 0 Å². The lowest BCUT2D eigenvalue weighted by atomic mass is 10.1. The fourth-order valence-electron chi connectivity index (χ4n) is 3.02. The predicted molar refractivity (Wildman–Crippen MR) is 130 cm³/mol. The van der Waals surface area contributed by atoms with Crippen molar-refractivity contribution < 1.29 is 28.5 Å². The van der Waals surface area contributed by atoms with E-state index in [1.54, 1.807) is 48.6 Å². The minimum absolute atomic E-state index is 0.308. The van der Waals surface area contributed by atoms with Crippen molar-refractivity contribution in [1.29, 1.82) is 0 Å². The second-order valence-corrected chi connectivity index (χ2v) is 7.41. The summed E-state index contributed by atoms with van der Waals surface area (Å²) >= 11 is 0. The summed E-state index contributed by atoms with van der Waals surface area (Å²) in [5.74, 6) is 1.11. The molecule has 0 aliphatic rings. The zero-order valence-electron chi connectivity index (χ0n) is 19.2. The first-order chi connectivity index (χ1) is 16.4. The van der Waals surface area contributed by atoms with Crippen LogP contribution in [0.3, 0.4) is 0 Å². The van der Waals surface area contributed by atoms with Gasteiger partial charge in [-0.25, -0.2) is 9.59 Å². The monoisotopic (exact) mass is 458 g/mol. The van der Waals surface area contributed by atoms with Crippen LogP contribution in [0.4, 0.5) is 0 Å². The van der Waals surface area contributed by atoms with Gasteiger partial charge in [-0.3, -0.25) is 0 Å². The van der Waals surface area contributed by atoms with Crippen molar-refractivity contribution in [2.75, 3.05) is 13.2 Å². The lowest BCUT2D eigenvalue weighted by molar-refractivity contribution is 0.0719. The number of benzene rings is 3. The van der Waals surface area contributed by atoms with Crippen LogP contribution in [0, 0.1) is 13.8 Å². The van der Waals surface area contributed by atoms with Crippen molar-refractivity contribution in [3.05, 3.63) is 108 Å².